The Morgan fingerprint density at radius 2 is 1.70 bits per heavy atom. The van der Waals surface area contributed by atoms with Gasteiger partial charge >= 0.3 is 0 Å². The lowest BCUT2D eigenvalue weighted by Gasteiger charge is -2.06. The van der Waals surface area contributed by atoms with Crippen molar-refractivity contribution in [3.63, 3.8) is 0 Å². The van der Waals surface area contributed by atoms with E-state index in [1.807, 2.05) is 66.7 Å². The molecule has 1 heterocycles. The number of benzene rings is 3. The highest BCUT2D eigenvalue weighted by Gasteiger charge is 2.24. The SMILES string of the molecule is O=C1NC(=Nc2ccccc2Cl)S/C1=C\c1ccc(OCc2ccc(Cl)cc2)cc1. The number of amides is 1. The molecule has 4 nitrogen and oxygen atoms in total. The van der Waals surface area contributed by atoms with Gasteiger partial charge in [-0.1, -0.05) is 59.6 Å². The first-order valence-electron chi connectivity index (χ1n) is 9.08. The fraction of sp³-hybridized carbons (Fsp3) is 0.0435. The molecule has 4 rings (SSSR count). The van der Waals surface area contributed by atoms with E-state index in [-0.39, 0.29) is 5.91 Å². The van der Waals surface area contributed by atoms with Crippen LogP contribution in [0.15, 0.2) is 82.7 Å². The van der Waals surface area contributed by atoms with Crippen molar-refractivity contribution in [2.45, 2.75) is 6.61 Å². The minimum atomic E-state index is -0.186. The van der Waals surface area contributed by atoms with Gasteiger partial charge in [-0.2, -0.15) is 0 Å². The molecule has 1 aliphatic heterocycles. The van der Waals surface area contributed by atoms with Crippen molar-refractivity contribution in [3.05, 3.63) is 98.9 Å². The number of aliphatic imine (C=N–C) groups is 1. The fourth-order valence-corrected chi connectivity index (χ4v) is 3.83. The molecular formula is C23H16Cl2N2O2S. The third-order valence-corrected chi connectivity index (χ3v) is 5.70. The third-order valence-electron chi connectivity index (χ3n) is 4.22. The minimum Gasteiger partial charge on any atom is -0.489 e. The molecule has 1 aliphatic rings. The van der Waals surface area contributed by atoms with Gasteiger partial charge < -0.3 is 10.1 Å². The molecular weight excluding hydrogens is 439 g/mol. The Kier molecular flexibility index (Phi) is 6.43. The van der Waals surface area contributed by atoms with E-state index in [9.17, 15) is 4.79 Å². The molecule has 7 heteroatoms. The number of carbonyl (C=O) groups is 1. The zero-order valence-electron chi connectivity index (χ0n) is 15.6. The average Bonchev–Trinajstić information content (AvgIpc) is 3.09. The van der Waals surface area contributed by atoms with E-state index in [0.29, 0.717) is 32.4 Å². The highest BCUT2D eigenvalue weighted by atomic mass is 35.5. The molecule has 30 heavy (non-hydrogen) atoms. The lowest BCUT2D eigenvalue weighted by atomic mass is 10.2. The lowest BCUT2D eigenvalue weighted by molar-refractivity contribution is -0.115. The number of nitrogens with zero attached hydrogens (tertiary/aromatic N) is 1. The molecule has 0 atom stereocenters. The van der Waals surface area contributed by atoms with E-state index < -0.39 is 0 Å². The second kappa shape index (κ2) is 9.39. The molecule has 0 aliphatic carbocycles. The van der Waals surface area contributed by atoms with Crippen LogP contribution in [0.4, 0.5) is 5.69 Å². The summed E-state index contributed by atoms with van der Waals surface area (Å²) in [5.74, 6) is 0.561. The van der Waals surface area contributed by atoms with E-state index in [0.717, 1.165) is 16.9 Å². The minimum absolute atomic E-state index is 0.186. The number of nitrogens with one attached hydrogen (secondary N) is 1. The van der Waals surface area contributed by atoms with Gasteiger partial charge in [-0.25, -0.2) is 4.99 Å². The van der Waals surface area contributed by atoms with Crippen LogP contribution in [0, 0.1) is 0 Å². The molecule has 1 saturated heterocycles. The second-order valence-electron chi connectivity index (χ2n) is 6.42. The Bertz CT molecular complexity index is 1130. The van der Waals surface area contributed by atoms with Gasteiger partial charge in [0.2, 0.25) is 0 Å². The van der Waals surface area contributed by atoms with E-state index in [2.05, 4.69) is 10.3 Å². The number of hydrogen-bond donors (Lipinski definition) is 1. The van der Waals surface area contributed by atoms with Crippen LogP contribution >= 0.6 is 35.0 Å². The van der Waals surface area contributed by atoms with Crippen LogP contribution in [-0.2, 0) is 11.4 Å². The van der Waals surface area contributed by atoms with Gasteiger partial charge in [-0.15, -0.1) is 0 Å². The van der Waals surface area contributed by atoms with Crippen molar-refractivity contribution in [1.82, 2.24) is 5.32 Å². The predicted octanol–water partition coefficient (Wildman–Crippen LogP) is 6.46. The van der Waals surface area contributed by atoms with E-state index in [1.165, 1.54) is 11.8 Å². The van der Waals surface area contributed by atoms with Crippen molar-refractivity contribution in [2.24, 2.45) is 4.99 Å². The van der Waals surface area contributed by atoms with Crippen LogP contribution in [0.25, 0.3) is 6.08 Å². The summed E-state index contributed by atoms with van der Waals surface area (Å²) >= 11 is 13.3. The first kappa shape index (κ1) is 20.5. The molecule has 1 amide bonds. The zero-order valence-corrected chi connectivity index (χ0v) is 18.0. The molecule has 3 aromatic carbocycles. The number of thioether (sulfide) groups is 1. The first-order valence-corrected chi connectivity index (χ1v) is 10.7. The van der Waals surface area contributed by atoms with E-state index in [4.69, 9.17) is 27.9 Å². The Balaban J connectivity index is 1.41. The van der Waals surface area contributed by atoms with Gasteiger partial charge in [0, 0.05) is 5.02 Å². The summed E-state index contributed by atoms with van der Waals surface area (Å²) in [4.78, 5) is 17.3. The number of para-hydroxylation sites is 1. The zero-order chi connectivity index (χ0) is 20.9. The van der Waals surface area contributed by atoms with Gasteiger partial charge in [0.05, 0.1) is 15.6 Å². The summed E-state index contributed by atoms with van der Waals surface area (Å²) in [6, 6.07) is 22.3. The van der Waals surface area contributed by atoms with Crippen LogP contribution in [0.3, 0.4) is 0 Å². The molecule has 150 valence electrons. The molecule has 0 bridgehead atoms. The lowest BCUT2D eigenvalue weighted by Crippen LogP contribution is -2.19. The largest absolute Gasteiger partial charge is 0.489 e. The number of carbonyl (C=O) groups excluding carboxylic acids is 1. The van der Waals surface area contributed by atoms with E-state index in [1.54, 1.807) is 12.1 Å². The van der Waals surface area contributed by atoms with Gasteiger partial charge in [0.25, 0.3) is 5.91 Å². The highest BCUT2D eigenvalue weighted by molar-refractivity contribution is 8.18. The van der Waals surface area contributed by atoms with Crippen LogP contribution in [0.1, 0.15) is 11.1 Å². The van der Waals surface area contributed by atoms with Gasteiger partial charge in [-0.3, -0.25) is 4.79 Å². The summed E-state index contributed by atoms with van der Waals surface area (Å²) in [6.07, 6.45) is 1.82. The van der Waals surface area contributed by atoms with Crippen molar-refractivity contribution >= 4 is 57.8 Å². The van der Waals surface area contributed by atoms with Crippen LogP contribution in [-0.4, -0.2) is 11.1 Å². The van der Waals surface area contributed by atoms with Gasteiger partial charge in [-0.05, 0) is 65.4 Å². The van der Waals surface area contributed by atoms with Gasteiger partial charge in [0.1, 0.15) is 12.4 Å². The number of rotatable bonds is 5. The molecule has 0 spiro atoms. The topological polar surface area (TPSA) is 50.7 Å². The third kappa shape index (κ3) is 5.25. The van der Waals surface area contributed by atoms with Crippen molar-refractivity contribution in [3.8, 4) is 5.75 Å². The highest BCUT2D eigenvalue weighted by Crippen LogP contribution is 2.31. The first-order chi connectivity index (χ1) is 14.6. The summed E-state index contributed by atoms with van der Waals surface area (Å²) < 4.78 is 5.79. The predicted molar refractivity (Wildman–Crippen MR) is 124 cm³/mol. The Morgan fingerprint density at radius 1 is 0.967 bits per heavy atom. The molecule has 0 saturated carbocycles. The Labute approximate surface area is 188 Å². The molecule has 3 aromatic rings. The molecule has 1 N–H and O–H groups in total. The summed E-state index contributed by atoms with van der Waals surface area (Å²) in [6.45, 7) is 0.456. The fourth-order valence-electron chi connectivity index (χ4n) is 2.69. The van der Waals surface area contributed by atoms with Crippen LogP contribution < -0.4 is 10.1 Å². The van der Waals surface area contributed by atoms with Crippen molar-refractivity contribution in [2.75, 3.05) is 0 Å². The molecule has 0 unspecified atom stereocenters. The normalized spacial score (nSPS) is 16.1. The molecule has 0 radical (unpaired) electrons. The summed E-state index contributed by atoms with van der Waals surface area (Å²) in [5, 5.41) is 4.50. The molecule has 0 aromatic heterocycles. The average molecular weight is 455 g/mol. The van der Waals surface area contributed by atoms with Crippen LogP contribution in [0.5, 0.6) is 5.75 Å². The standard InChI is InChI=1S/C23H16Cl2N2O2S/c24-17-9-5-16(6-10-17)14-29-18-11-7-15(8-12-18)13-21-22(28)27-23(30-21)26-20-4-2-1-3-19(20)25/h1-13H,14H2,(H,26,27,28)/b21-13-. The number of hydrogen-bond acceptors (Lipinski definition) is 4. The van der Waals surface area contributed by atoms with Gasteiger partial charge in [0.15, 0.2) is 5.17 Å². The maximum atomic E-state index is 12.3. The Morgan fingerprint density at radius 3 is 2.43 bits per heavy atom. The monoisotopic (exact) mass is 454 g/mol. The van der Waals surface area contributed by atoms with Crippen LogP contribution in [0.2, 0.25) is 10.0 Å². The maximum absolute atomic E-state index is 12.3. The number of halogens is 2. The summed E-state index contributed by atoms with van der Waals surface area (Å²) in [5.41, 5.74) is 2.55. The van der Waals surface area contributed by atoms with Crippen molar-refractivity contribution in [1.29, 1.82) is 0 Å². The van der Waals surface area contributed by atoms with E-state index >= 15 is 0 Å². The quantitative estimate of drug-likeness (QED) is 0.449. The second-order valence-corrected chi connectivity index (χ2v) is 8.29. The number of amidine groups is 1. The molecule has 1 fully saturated rings. The maximum Gasteiger partial charge on any atom is 0.264 e. The summed E-state index contributed by atoms with van der Waals surface area (Å²) in [7, 11) is 0. The Hall–Kier alpha value is -2.73. The smallest absolute Gasteiger partial charge is 0.264 e. The number of ether oxygens (including phenoxy) is 1. The van der Waals surface area contributed by atoms with Crippen molar-refractivity contribution < 1.29 is 9.53 Å².